The van der Waals surface area contributed by atoms with Crippen molar-refractivity contribution in [1.29, 1.82) is 0 Å². The van der Waals surface area contributed by atoms with Crippen molar-refractivity contribution in [2.24, 2.45) is 0 Å². The van der Waals surface area contributed by atoms with Gasteiger partial charge in [-0.15, -0.1) is 0 Å². The van der Waals surface area contributed by atoms with E-state index < -0.39 is 22.7 Å². The molecule has 0 rings (SSSR count). The van der Waals surface area contributed by atoms with Crippen LogP contribution in [0.3, 0.4) is 0 Å². The van der Waals surface area contributed by atoms with Crippen LogP contribution in [-0.4, -0.2) is 0 Å². The molecule has 0 aliphatic carbocycles. The van der Waals surface area contributed by atoms with Crippen molar-refractivity contribution in [2.45, 2.75) is 13.4 Å². The maximum atomic E-state index is 2.39. The van der Waals surface area contributed by atoms with Gasteiger partial charge in [0.2, 0.25) is 0 Å². The summed E-state index contributed by atoms with van der Waals surface area (Å²) < 4.78 is 7.17. The first kappa shape index (κ1) is 34.2. The Bertz CT molecular complexity index is 20.0. The van der Waals surface area contributed by atoms with Gasteiger partial charge in [-0.1, -0.05) is 0 Å². The Balaban J connectivity index is -0.00000000750. The molecule has 0 aliphatic rings. The number of rotatable bonds is 0. The third-order valence-electron chi connectivity index (χ3n) is 0. The minimum atomic E-state index is -0.730. The molecule has 0 heterocycles. The fourth-order valence-corrected chi connectivity index (χ4v) is 0. The molecule has 0 unspecified atom stereocenters. The molecule has 0 bridgehead atoms. The summed E-state index contributed by atoms with van der Waals surface area (Å²) in [5, 5.41) is 0. The monoisotopic (exact) mass is 265 g/mol. The Kier molecular flexibility index (Phi) is 101. The van der Waals surface area contributed by atoms with E-state index in [2.05, 4.69) is 13.4 Å². The first-order chi connectivity index (χ1) is 1.73. The summed E-state index contributed by atoms with van der Waals surface area (Å²) in [4.78, 5) is 0. The molecule has 0 aromatic heterocycles. The minimum absolute atomic E-state index is 0. The summed E-state index contributed by atoms with van der Waals surface area (Å²) in [5.74, 6) is 0. The molecule has 8 N–H and O–H groups in total. The van der Waals surface area contributed by atoms with E-state index in [-0.39, 0.29) is 37.1 Å². The van der Waals surface area contributed by atoms with Gasteiger partial charge >= 0.3 is 36.2 Å². The van der Waals surface area contributed by atoms with Crippen molar-refractivity contribution in [2.75, 3.05) is 0 Å². The summed E-state index contributed by atoms with van der Waals surface area (Å²) in [6, 6.07) is 0. The normalized spacial score (nSPS) is 3.38. The molecular weight excluding hydrogens is 247 g/mol. The summed E-state index contributed by atoms with van der Waals surface area (Å²) >= 11 is -0.730. The molecule has 0 fully saturated rings. The van der Waals surface area contributed by atoms with Gasteiger partial charge in [-0.2, -0.15) is 0 Å². The van der Waals surface area contributed by atoms with Crippen LogP contribution in [0.1, 0.15) is 0 Å². The molecule has 55 valence electrons. The second kappa shape index (κ2) is 23.7. The quantitative estimate of drug-likeness (QED) is 0.427. The molecule has 2 nitrogen and oxygen atoms in total. The Labute approximate surface area is 72.9 Å². The Morgan fingerprint density at radius 2 is 0.750 bits per heavy atom. The minimum Gasteiger partial charge on any atom is -1.00 e. The topological polar surface area (TPSA) is 73.0 Å². The van der Waals surface area contributed by atoms with E-state index in [0.717, 1.165) is 0 Å². The van der Waals surface area contributed by atoms with Crippen LogP contribution in [0, 0.1) is 0 Å². The van der Waals surface area contributed by atoms with E-state index in [1.54, 1.807) is 0 Å². The largest absolute Gasteiger partial charge is 1.00 e. The van der Waals surface area contributed by atoms with Crippen molar-refractivity contribution in [3.63, 3.8) is 0 Å². The van der Waals surface area contributed by atoms with Crippen LogP contribution >= 0.6 is 0 Å². The first-order valence-electron chi connectivity index (χ1n) is 2.12. The van der Waals surface area contributed by atoms with Gasteiger partial charge in [-0.25, -0.2) is 0 Å². The zero-order chi connectivity index (χ0) is 3.58. The molecule has 5 heteroatoms. The van der Waals surface area contributed by atoms with Gasteiger partial charge in [0.15, 0.2) is 0 Å². The molecule has 0 spiro atoms. The van der Waals surface area contributed by atoms with Crippen molar-refractivity contribution >= 4 is 0 Å². The summed E-state index contributed by atoms with van der Waals surface area (Å²) in [7, 11) is 0. The van der Waals surface area contributed by atoms with Crippen molar-refractivity contribution in [1.82, 2.24) is 12.3 Å². The average molecular weight is 265 g/mol. The van der Waals surface area contributed by atoms with Gasteiger partial charge < -0.3 is 37.1 Å². The van der Waals surface area contributed by atoms with Crippen molar-refractivity contribution < 1.29 is 47.5 Å². The smallest absolute Gasteiger partial charge is 0.369 e. The molecule has 0 radical (unpaired) electrons. The number of hydrogen-bond donors (Lipinski definition) is 2. The van der Waals surface area contributed by atoms with Crippen LogP contribution in [0.2, 0.25) is 13.4 Å². The van der Waals surface area contributed by atoms with E-state index in [9.17, 15) is 0 Å². The summed E-state index contributed by atoms with van der Waals surface area (Å²) in [6.45, 7) is 0. The Hall–Kier alpha value is 1.42. The van der Waals surface area contributed by atoms with Crippen LogP contribution in [0.15, 0.2) is 0 Å². The maximum absolute atomic E-state index is 2.39. The van der Waals surface area contributed by atoms with Crippen molar-refractivity contribution in [3.05, 3.63) is 0 Å². The Morgan fingerprint density at radius 3 is 0.750 bits per heavy atom. The third kappa shape index (κ3) is 151. The molecule has 0 aliphatic heterocycles. The zero-order valence-electron chi connectivity index (χ0n) is 6.46. The van der Waals surface area contributed by atoms with Gasteiger partial charge in [0.1, 0.15) is 0 Å². The van der Waals surface area contributed by atoms with Crippen LogP contribution in [0.4, 0.5) is 0 Å². The maximum Gasteiger partial charge on any atom is -0.369 e. The standard InChI is InChI=1S/3CH3.Cd.2ClH.2H3N/h3*1H3;;2*1H;2*1H3. The predicted molar refractivity (Wildman–Crippen MR) is 29.6 cm³/mol. The van der Waals surface area contributed by atoms with Gasteiger partial charge in [0, 0.05) is 0 Å². The first-order valence-corrected chi connectivity index (χ1v) is 14.2. The third-order valence-corrected chi connectivity index (χ3v) is 0. The van der Waals surface area contributed by atoms with E-state index in [0.29, 0.717) is 0 Å². The number of halogens is 2. The van der Waals surface area contributed by atoms with Crippen molar-refractivity contribution in [3.8, 4) is 0 Å². The summed E-state index contributed by atoms with van der Waals surface area (Å²) in [5.41, 5.74) is 0. The average Bonchev–Trinajstić information content (AvgIpc) is 0.811. The molecule has 0 aromatic rings. The van der Waals surface area contributed by atoms with E-state index in [1.807, 2.05) is 0 Å². The van der Waals surface area contributed by atoms with Crippen LogP contribution in [-0.2, 0) is 22.7 Å². The summed E-state index contributed by atoms with van der Waals surface area (Å²) in [6.07, 6.45) is 0. The van der Waals surface area contributed by atoms with Crippen LogP contribution < -0.4 is 37.1 Å². The molecule has 0 saturated carbocycles. The predicted octanol–water partition coefficient (Wildman–Crippen LogP) is -3.49. The van der Waals surface area contributed by atoms with Crippen LogP contribution in [0.5, 0.6) is 0 Å². The van der Waals surface area contributed by atoms with Gasteiger partial charge in [0.25, 0.3) is 0 Å². The second-order valence-corrected chi connectivity index (χ2v) is 14.2. The molecule has 0 atom stereocenters. The van der Waals surface area contributed by atoms with E-state index >= 15 is 0 Å². The number of hydrogen-bond acceptors (Lipinski definition) is 0. The number of quaternary nitrogens is 2. The fourth-order valence-electron chi connectivity index (χ4n) is 0. The Morgan fingerprint density at radius 1 is 0.750 bits per heavy atom. The molecule has 0 saturated heterocycles. The van der Waals surface area contributed by atoms with E-state index in [4.69, 9.17) is 0 Å². The molecule has 8 heavy (non-hydrogen) atoms. The van der Waals surface area contributed by atoms with Gasteiger partial charge in [-0.3, -0.25) is 0 Å². The second-order valence-electron chi connectivity index (χ2n) is 2.12. The van der Waals surface area contributed by atoms with Crippen LogP contribution in [0.25, 0.3) is 0 Å². The SMILES string of the molecule is [CH3][Cd]([CH3])[CH3].[Cl-].[Cl-].[NH4+].[NH4+]. The van der Waals surface area contributed by atoms with Gasteiger partial charge in [-0.05, 0) is 0 Å². The van der Waals surface area contributed by atoms with E-state index in [1.165, 1.54) is 0 Å². The fraction of sp³-hybridized carbons (Fsp3) is 1.00. The molecule has 0 amide bonds. The molecule has 0 aromatic carbocycles. The van der Waals surface area contributed by atoms with Gasteiger partial charge in [0.05, 0.1) is 0 Å². The molecular formula is C3H17CdCl2N2. The zero-order valence-corrected chi connectivity index (χ0v) is 12.0.